The third-order valence-corrected chi connectivity index (χ3v) is 4.06. The van der Waals surface area contributed by atoms with Crippen LogP contribution in [0.25, 0.3) is 0 Å². The smallest absolute Gasteiger partial charge is 0.309 e. The number of nitrogens with one attached hydrogen (secondary N) is 1. The van der Waals surface area contributed by atoms with E-state index in [0.717, 1.165) is 29.5 Å². The Hall–Kier alpha value is -1.40. The van der Waals surface area contributed by atoms with Gasteiger partial charge in [-0.25, -0.2) is 0 Å². The van der Waals surface area contributed by atoms with Crippen molar-refractivity contribution in [1.29, 1.82) is 0 Å². The number of ether oxygens (including phenoxy) is 1. The minimum atomic E-state index is -0.187. The van der Waals surface area contributed by atoms with Crippen molar-refractivity contribution in [2.24, 2.45) is 5.92 Å². The maximum atomic E-state index is 12.0. The fourth-order valence-electron chi connectivity index (χ4n) is 2.50. The van der Waals surface area contributed by atoms with Crippen molar-refractivity contribution in [2.75, 3.05) is 32.1 Å². The predicted molar refractivity (Wildman–Crippen MR) is 84.0 cm³/mol. The fourth-order valence-corrected chi connectivity index (χ4v) is 2.76. The van der Waals surface area contributed by atoms with Gasteiger partial charge in [-0.05, 0) is 43.7 Å². The standard InChI is InChI=1S/C15H19BrN2O3/c1-21-15(20)11-3-2-8-18(9-11)10-14(19)17-13-6-4-12(16)5-7-13/h4-7,11H,2-3,8-10H2,1H3,(H,17,19)/t11-/m0/s1. The lowest BCUT2D eigenvalue weighted by atomic mass is 9.98. The number of esters is 1. The number of hydrogen-bond acceptors (Lipinski definition) is 4. The molecule has 0 spiro atoms. The molecule has 1 amide bonds. The van der Waals surface area contributed by atoms with E-state index in [9.17, 15) is 9.59 Å². The summed E-state index contributed by atoms with van der Waals surface area (Å²) in [7, 11) is 1.40. The summed E-state index contributed by atoms with van der Waals surface area (Å²) in [4.78, 5) is 25.6. The molecule has 1 aliphatic heterocycles. The van der Waals surface area contributed by atoms with E-state index in [4.69, 9.17) is 4.74 Å². The highest BCUT2D eigenvalue weighted by Gasteiger charge is 2.27. The van der Waals surface area contributed by atoms with Crippen LogP contribution in [0.2, 0.25) is 0 Å². The summed E-state index contributed by atoms with van der Waals surface area (Å²) in [5, 5.41) is 2.86. The Labute approximate surface area is 132 Å². The monoisotopic (exact) mass is 354 g/mol. The lowest BCUT2D eigenvalue weighted by Gasteiger charge is -2.30. The number of carbonyl (C=O) groups is 2. The quantitative estimate of drug-likeness (QED) is 0.842. The van der Waals surface area contributed by atoms with Gasteiger partial charge in [-0.2, -0.15) is 0 Å². The summed E-state index contributed by atoms with van der Waals surface area (Å²) in [6, 6.07) is 7.44. The van der Waals surface area contributed by atoms with E-state index in [1.165, 1.54) is 7.11 Å². The minimum absolute atomic E-state index is 0.0668. The zero-order chi connectivity index (χ0) is 15.2. The molecule has 0 bridgehead atoms. The third kappa shape index (κ3) is 4.82. The van der Waals surface area contributed by atoms with Crippen molar-refractivity contribution in [3.8, 4) is 0 Å². The molecule has 1 aromatic rings. The second kappa shape index (κ2) is 7.56. The Morgan fingerprint density at radius 3 is 2.76 bits per heavy atom. The first kappa shape index (κ1) is 16.0. The Morgan fingerprint density at radius 1 is 1.38 bits per heavy atom. The van der Waals surface area contributed by atoms with E-state index in [1.54, 1.807) is 0 Å². The van der Waals surface area contributed by atoms with Crippen molar-refractivity contribution in [2.45, 2.75) is 12.8 Å². The molecular weight excluding hydrogens is 336 g/mol. The Morgan fingerprint density at radius 2 is 2.10 bits per heavy atom. The fraction of sp³-hybridized carbons (Fsp3) is 0.467. The number of piperidine rings is 1. The number of benzene rings is 1. The average Bonchev–Trinajstić information content (AvgIpc) is 2.49. The van der Waals surface area contributed by atoms with Gasteiger partial charge in [0.1, 0.15) is 0 Å². The maximum Gasteiger partial charge on any atom is 0.309 e. The van der Waals surface area contributed by atoms with Crippen LogP contribution in [0.5, 0.6) is 0 Å². The van der Waals surface area contributed by atoms with Crippen molar-refractivity contribution in [3.63, 3.8) is 0 Å². The molecular formula is C15H19BrN2O3. The summed E-state index contributed by atoms with van der Waals surface area (Å²) in [6.45, 7) is 1.71. The molecule has 1 N–H and O–H groups in total. The molecule has 5 nitrogen and oxygen atoms in total. The van der Waals surface area contributed by atoms with Crippen molar-refractivity contribution < 1.29 is 14.3 Å². The van der Waals surface area contributed by atoms with Crippen molar-refractivity contribution in [3.05, 3.63) is 28.7 Å². The second-order valence-corrected chi connectivity index (χ2v) is 6.07. The topological polar surface area (TPSA) is 58.6 Å². The van der Waals surface area contributed by atoms with Crippen LogP contribution in [0.3, 0.4) is 0 Å². The molecule has 1 fully saturated rings. The first-order chi connectivity index (χ1) is 10.1. The predicted octanol–water partition coefficient (Wildman–Crippen LogP) is 2.27. The largest absolute Gasteiger partial charge is 0.469 e. The first-order valence-electron chi connectivity index (χ1n) is 6.94. The molecule has 0 aromatic heterocycles. The van der Waals surface area contributed by atoms with Gasteiger partial charge in [-0.1, -0.05) is 15.9 Å². The lowest BCUT2D eigenvalue weighted by Crippen LogP contribution is -2.42. The number of halogens is 1. The van der Waals surface area contributed by atoms with Crippen LogP contribution in [0.1, 0.15) is 12.8 Å². The number of methoxy groups -OCH3 is 1. The molecule has 114 valence electrons. The number of carbonyl (C=O) groups excluding carboxylic acids is 2. The first-order valence-corrected chi connectivity index (χ1v) is 7.73. The number of hydrogen-bond donors (Lipinski definition) is 1. The highest BCUT2D eigenvalue weighted by Crippen LogP contribution is 2.18. The Bertz CT molecular complexity index is 504. The maximum absolute atomic E-state index is 12.0. The number of rotatable bonds is 4. The van der Waals surface area contributed by atoms with Crippen LogP contribution in [-0.2, 0) is 14.3 Å². The van der Waals surface area contributed by atoms with E-state index in [1.807, 2.05) is 29.2 Å². The molecule has 1 aromatic carbocycles. The van der Waals surface area contributed by atoms with Gasteiger partial charge >= 0.3 is 5.97 Å². The van der Waals surface area contributed by atoms with Crippen LogP contribution in [-0.4, -0.2) is 43.5 Å². The molecule has 1 heterocycles. The van der Waals surface area contributed by atoms with Gasteiger partial charge in [-0.3, -0.25) is 14.5 Å². The summed E-state index contributed by atoms with van der Waals surface area (Å²) in [5.41, 5.74) is 0.768. The summed E-state index contributed by atoms with van der Waals surface area (Å²) < 4.78 is 5.75. The zero-order valence-corrected chi connectivity index (χ0v) is 13.6. The molecule has 21 heavy (non-hydrogen) atoms. The number of likely N-dealkylation sites (tertiary alicyclic amines) is 1. The highest BCUT2D eigenvalue weighted by atomic mass is 79.9. The molecule has 0 unspecified atom stereocenters. The molecule has 0 radical (unpaired) electrons. The number of anilines is 1. The van der Waals surface area contributed by atoms with Gasteiger partial charge < -0.3 is 10.1 Å². The summed E-state index contributed by atoms with van der Waals surface area (Å²) in [5.74, 6) is -0.375. The van der Waals surface area contributed by atoms with Crippen LogP contribution >= 0.6 is 15.9 Å². The number of nitrogens with zero attached hydrogens (tertiary/aromatic N) is 1. The highest BCUT2D eigenvalue weighted by molar-refractivity contribution is 9.10. The van der Waals surface area contributed by atoms with Crippen LogP contribution < -0.4 is 5.32 Å². The van der Waals surface area contributed by atoms with E-state index in [-0.39, 0.29) is 17.8 Å². The van der Waals surface area contributed by atoms with Crippen molar-refractivity contribution >= 4 is 33.5 Å². The summed E-state index contributed by atoms with van der Waals surface area (Å²) >= 11 is 3.35. The van der Waals surface area contributed by atoms with E-state index < -0.39 is 0 Å². The Balaban J connectivity index is 1.84. The Kier molecular flexibility index (Phi) is 5.76. The molecule has 6 heteroatoms. The van der Waals surface area contributed by atoms with E-state index >= 15 is 0 Å². The molecule has 1 saturated heterocycles. The average molecular weight is 355 g/mol. The van der Waals surface area contributed by atoms with Gasteiger partial charge in [-0.15, -0.1) is 0 Å². The van der Waals surface area contributed by atoms with Crippen LogP contribution in [0.4, 0.5) is 5.69 Å². The van der Waals surface area contributed by atoms with E-state index in [2.05, 4.69) is 21.2 Å². The molecule has 0 aliphatic carbocycles. The molecule has 0 saturated carbocycles. The second-order valence-electron chi connectivity index (χ2n) is 5.15. The van der Waals surface area contributed by atoms with Gasteiger partial charge in [0.2, 0.25) is 5.91 Å². The minimum Gasteiger partial charge on any atom is -0.469 e. The van der Waals surface area contributed by atoms with Crippen LogP contribution in [0.15, 0.2) is 28.7 Å². The van der Waals surface area contributed by atoms with Crippen molar-refractivity contribution in [1.82, 2.24) is 4.90 Å². The van der Waals surface area contributed by atoms with Gasteiger partial charge in [0.05, 0.1) is 19.6 Å². The molecule has 1 aliphatic rings. The van der Waals surface area contributed by atoms with Gasteiger partial charge in [0.15, 0.2) is 0 Å². The van der Waals surface area contributed by atoms with Gasteiger partial charge in [0.25, 0.3) is 0 Å². The van der Waals surface area contributed by atoms with E-state index in [0.29, 0.717) is 13.1 Å². The SMILES string of the molecule is COC(=O)[C@H]1CCCN(CC(=O)Nc2ccc(Br)cc2)C1. The zero-order valence-electron chi connectivity index (χ0n) is 12.0. The summed E-state index contributed by atoms with van der Waals surface area (Å²) in [6.07, 6.45) is 1.74. The third-order valence-electron chi connectivity index (χ3n) is 3.54. The molecule has 1 atom stereocenters. The lowest BCUT2D eigenvalue weighted by molar-refractivity contribution is -0.147. The molecule has 2 rings (SSSR count). The number of amides is 1. The normalized spacial score (nSPS) is 19.0. The van der Waals surface area contributed by atoms with Crippen LogP contribution in [0, 0.1) is 5.92 Å². The van der Waals surface area contributed by atoms with Gasteiger partial charge in [0, 0.05) is 16.7 Å².